The summed E-state index contributed by atoms with van der Waals surface area (Å²) < 4.78 is 26.2. The Hall–Kier alpha value is -4.92. The van der Waals surface area contributed by atoms with Crippen molar-refractivity contribution in [3.8, 4) is 28.7 Å². The van der Waals surface area contributed by atoms with Crippen LogP contribution in [0.5, 0.6) is 28.7 Å². The lowest BCUT2D eigenvalue weighted by atomic mass is 10.2. The maximum absolute atomic E-state index is 11.9. The molecule has 0 bridgehead atoms. The van der Waals surface area contributed by atoms with Crippen LogP contribution in [0.25, 0.3) is 6.08 Å². The first-order chi connectivity index (χ1) is 17.5. The predicted octanol–water partition coefficient (Wildman–Crippen LogP) is 4.76. The third-order valence-electron chi connectivity index (χ3n) is 4.27. The number of hydrogen-bond acceptors (Lipinski definition) is 9. The number of hydrogen-bond donors (Lipinski definition) is 0. The first-order valence-corrected chi connectivity index (χ1v) is 10.8. The van der Waals surface area contributed by atoms with Crippen molar-refractivity contribution in [2.24, 2.45) is 0 Å². The summed E-state index contributed by atoms with van der Waals surface area (Å²) in [5.41, 5.74) is 1.12. The average molecular weight is 507 g/mol. The second-order valence-electron chi connectivity index (χ2n) is 7.81. The van der Waals surface area contributed by atoms with Crippen molar-refractivity contribution < 1.29 is 42.9 Å². The van der Waals surface area contributed by atoms with E-state index in [1.54, 1.807) is 24.3 Å². The highest BCUT2D eigenvalue weighted by Crippen LogP contribution is 2.29. The molecule has 2 aromatic rings. The zero-order valence-electron chi connectivity index (χ0n) is 20.7. The van der Waals surface area contributed by atoms with E-state index in [9.17, 15) is 19.2 Å². The molecular formula is C28H26O9. The zero-order valence-corrected chi connectivity index (χ0v) is 20.7. The van der Waals surface area contributed by atoms with Gasteiger partial charge in [-0.15, -0.1) is 0 Å². The minimum absolute atomic E-state index is 0.0507. The van der Waals surface area contributed by atoms with Gasteiger partial charge in [0.05, 0.1) is 0 Å². The first kappa shape index (κ1) is 28.3. The second-order valence-corrected chi connectivity index (χ2v) is 7.81. The number of carbonyl (C=O) groups excluding carboxylic acids is 4. The van der Waals surface area contributed by atoms with Gasteiger partial charge in [-0.2, -0.15) is 0 Å². The van der Waals surface area contributed by atoms with Crippen LogP contribution in [0.1, 0.15) is 26.3 Å². The third-order valence-corrected chi connectivity index (χ3v) is 4.27. The molecule has 0 N–H and O–H groups in total. The van der Waals surface area contributed by atoms with Crippen LogP contribution in [0.15, 0.2) is 78.9 Å². The lowest BCUT2D eigenvalue weighted by Gasteiger charge is -2.10. The van der Waals surface area contributed by atoms with Gasteiger partial charge < -0.3 is 23.7 Å². The van der Waals surface area contributed by atoms with Crippen LogP contribution in [0.3, 0.4) is 0 Å². The van der Waals surface area contributed by atoms with Crippen molar-refractivity contribution in [3.05, 3.63) is 84.5 Å². The quantitative estimate of drug-likeness (QED) is 0.174. The van der Waals surface area contributed by atoms with Gasteiger partial charge in [-0.05, 0) is 44.5 Å². The van der Waals surface area contributed by atoms with E-state index in [1.807, 2.05) is 0 Å². The molecule has 0 spiro atoms. The zero-order chi connectivity index (χ0) is 27.5. The molecule has 0 fully saturated rings. The van der Waals surface area contributed by atoms with E-state index < -0.39 is 17.9 Å². The molecule has 0 aliphatic rings. The lowest BCUT2D eigenvalue weighted by Crippen LogP contribution is -2.10. The summed E-state index contributed by atoms with van der Waals surface area (Å²) >= 11 is 0. The molecule has 192 valence electrons. The minimum atomic E-state index is -0.649. The van der Waals surface area contributed by atoms with Crippen molar-refractivity contribution >= 4 is 30.5 Å². The Labute approximate surface area is 214 Å². The summed E-state index contributed by atoms with van der Waals surface area (Å²) in [5, 5.41) is 0. The number of carbonyl (C=O) groups is 4. The van der Waals surface area contributed by atoms with Crippen molar-refractivity contribution in [2.75, 3.05) is 6.61 Å². The first-order valence-electron chi connectivity index (χ1n) is 10.8. The Balaban J connectivity index is 2.22. The molecule has 0 atom stereocenters. The number of esters is 3. The summed E-state index contributed by atoms with van der Waals surface area (Å²) in [6.07, 6.45) is 3.28. The van der Waals surface area contributed by atoms with Gasteiger partial charge in [-0.1, -0.05) is 25.8 Å². The molecule has 2 rings (SSSR count). The van der Waals surface area contributed by atoms with Gasteiger partial charge in [-0.3, -0.25) is 4.79 Å². The van der Waals surface area contributed by atoms with E-state index in [0.717, 1.165) is 0 Å². The summed E-state index contributed by atoms with van der Waals surface area (Å²) in [6.45, 7) is 15.4. The molecule has 0 unspecified atom stereocenters. The van der Waals surface area contributed by atoms with Crippen LogP contribution in [0, 0.1) is 0 Å². The van der Waals surface area contributed by atoms with E-state index in [4.69, 9.17) is 23.7 Å². The molecule has 0 heterocycles. The van der Waals surface area contributed by atoms with Gasteiger partial charge in [0.25, 0.3) is 6.47 Å². The van der Waals surface area contributed by atoms with E-state index in [1.165, 1.54) is 45.0 Å². The Morgan fingerprint density at radius 3 is 1.54 bits per heavy atom. The normalized spacial score (nSPS) is 10.2. The molecule has 37 heavy (non-hydrogen) atoms. The minimum Gasteiger partial charge on any atom is -0.489 e. The SMILES string of the molecule is C=C(C)C(=O)Oc1cc(OC=O)cc(OC/C=C\c2cc(OC(=O)C(=C)C)cc(OC(=O)C(=C)C)c2)c1. The Morgan fingerprint density at radius 1 is 0.676 bits per heavy atom. The van der Waals surface area contributed by atoms with Crippen LogP contribution in [-0.2, 0) is 19.2 Å². The molecular weight excluding hydrogens is 480 g/mol. The smallest absolute Gasteiger partial charge is 0.338 e. The van der Waals surface area contributed by atoms with Gasteiger partial charge in [0.2, 0.25) is 0 Å². The fraction of sp³-hybridized carbons (Fsp3) is 0.143. The summed E-state index contributed by atoms with van der Waals surface area (Å²) in [4.78, 5) is 46.4. The van der Waals surface area contributed by atoms with Crippen LogP contribution in [-0.4, -0.2) is 31.0 Å². The third kappa shape index (κ3) is 9.33. The predicted molar refractivity (Wildman–Crippen MR) is 135 cm³/mol. The van der Waals surface area contributed by atoms with Gasteiger partial charge in [0.1, 0.15) is 35.4 Å². The van der Waals surface area contributed by atoms with Crippen molar-refractivity contribution in [2.45, 2.75) is 20.8 Å². The Morgan fingerprint density at radius 2 is 1.08 bits per heavy atom. The molecule has 0 amide bonds. The molecule has 0 saturated heterocycles. The highest BCUT2D eigenvalue weighted by atomic mass is 16.6. The van der Waals surface area contributed by atoms with Gasteiger partial charge in [0, 0.05) is 41.0 Å². The molecule has 0 aliphatic carbocycles. The van der Waals surface area contributed by atoms with Crippen LogP contribution in [0.2, 0.25) is 0 Å². The molecule has 0 aliphatic heterocycles. The molecule has 0 radical (unpaired) electrons. The topological polar surface area (TPSA) is 114 Å². The van der Waals surface area contributed by atoms with E-state index in [2.05, 4.69) is 19.7 Å². The molecule has 0 aromatic heterocycles. The second kappa shape index (κ2) is 13.2. The van der Waals surface area contributed by atoms with Crippen molar-refractivity contribution in [1.82, 2.24) is 0 Å². The van der Waals surface area contributed by atoms with Crippen LogP contribution in [0.4, 0.5) is 0 Å². The standard InChI is InChI=1S/C28H26O9/c1-17(2)26(30)35-23-10-20(11-24(15-23)36-27(31)18(3)4)8-7-9-33-21-12-22(34-16-29)14-25(13-21)37-28(32)19(5)6/h7-8,10-16H,1,3,5,9H2,2,4,6H3/b8-7-. The van der Waals surface area contributed by atoms with Gasteiger partial charge >= 0.3 is 17.9 Å². The summed E-state index contributed by atoms with van der Waals surface area (Å²) in [6, 6.07) is 8.74. The fourth-order valence-electron chi connectivity index (χ4n) is 2.53. The molecule has 9 nitrogen and oxygen atoms in total. The van der Waals surface area contributed by atoms with E-state index >= 15 is 0 Å². The Kier molecular flexibility index (Phi) is 10.1. The molecule has 0 saturated carbocycles. The molecule has 9 heteroatoms. The molecule has 2 aromatic carbocycles. The Bertz CT molecular complexity index is 1240. The number of benzene rings is 2. The highest BCUT2D eigenvalue weighted by molar-refractivity contribution is 5.90. The lowest BCUT2D eigenvalue weighted by molar-refractivity contribution is -0.131. The fourth-order valence-corrected chi connectivity index (χ4v) is 2.53. The maximum Gasteiger partial charge on any atom is 0.338 e. The summed E-state index contributed by atoms with van der Waals surface area (Å²) in [5.74, 6) is -1.17. The maximum atomic E-state index is 11.9. The largest absolute Gasteiger partial charge is 0.489 e. The van der Waals surface area contributed by atoms with Crippen molar-refractivity contribution in [3.63, 3.8) is 0 Å². The highest BCUT2D eigenvalue weighted by Gasteiger charge is 2.12. The van der Waals surface area contributed by atoms with Crippen LogP contribution < -0.4 is 23.7 Å². The monoisotopic (exact) mass is 506 g/mol. The van der Waals surface area contributed by atoms with Gasteiger partial charge in [-0.25, -0.2) is 14.4 Å². The van der Waals surface area contributed by atoms with Gasteiger partial charge in [0.15, 0.2) is 0 Å². The van der Waals surface area contributed by atoms with Crippen LogP contribution >= 0.6 is 0 Å². The summed E-state index contributed by atoms with van der Waals surface area (Å²) in [7, 11) is 0. The van der Waals surface area contributed by atoms with E-state index in [-0.39, 0.29) is 58.5 Å². The van der Waals surface area contributed by atoms with E-state index in [0.29, 0.717) is 5.56 Å². The van der Waals surface area contributed by atoms with Crippen molar-refractivity contribution in [1.29, 1.82) is 0 Å². The number of ether oxygens (including phenoxy) is 5. The number of rotatable bonds is 12. The average Bonchev–Trinajstić information content (AvgIpc) is 2.81.